The van der Waals surface area contributed by atoms with Crippen LogP contribution in [-0.2, 0) is 11.2 Å². The summed E-state index contributed by atoms with van der Waals surface area (Å²) < 4.78 is 5.37. The fourth-order valence-electron chi connectivity index (χ4n) is 2.44. The molecule has 0 atom stereocenters. The molecule has 4 nitrogen and oxygen atoms in total. The van der Waals surface area contributed by atoms with Gasteiger partial charge in [-0.25, -0.2) is 4.98 Å². The SMILES string of the molecule is N#CCc1ccc2nc(C3CCOCC3)[nH]c2c1. The Kier molecular flexibility index (Phi) is 2.99. The first-order valence-electron chi connectivity index (χ1n) is 6.30. The molecule has 1 saturated heterocycles. The van der Waals surface area contributed by atoms with Gasteiger partial charge in [0.2, 0.25) is 0 Å². The molecule has 0 bridgehead atoms. The molecule has 92 valence electrons. The van der Waals surface area contributed by atoms with E-state index in [0.29, 0.717) is 12.3 Å². The second kappa shape index (κ2) is 4.79. The Morgan fingerprint density at radius 2 is 2.22 bits per heavy atom. The number of fused-ring (bicyclic) bond motifs is 1. The van der Waals surface area contributed by atoms with Crippen LogP contribution in [0.25, 0.3) is 11.0 Å². The van der Waals surface area contributed by atoms with Gasteiger partial charge in [0, 0.05) is 19.1 Å². The Labute approximate surface area is 106 Å². The molecule has 1 N–H and O–H groups in total. The van der Waals surface area contributed by atoms with E-state index in [0.717, 1.165) is 48.5 Å². The Bertz CT molecular complexity index is 591. The number of benzene rings is 1. The number of nitrogens with one attached hydrogen (secondary N) is 1. The van der Waals surface area contributed by atoms with Gasteiger partial charge in [0.1, 0.15) is 5.82 Å². The number of nitriles is 1. The highest BCUT2D eigenvalue weighted by Gasteiger charge is 2.19. The zero-order chi connectivity index (χ0) is 12.4. The van der Waals surface area contributed by atoms with Gasteiger partial charge in [-0.15, -0.1) is 0 Å². The summed E-state index contributed by atoms with van der Waals surface area (Å²) in [6.07, 6.45) is 2.51. The Hall–Kier alpha value is -1.86. The third kappa shape index (κ3) is 2.09. The summed E-state index contributed by atoms with van der Waals surface area (Å²) in [6.45, 7) is 1.64. The highest BCUT2D eigenvalue weighted by atomic mass is 16.5. The standard InChI is InChI=1S/C14H15N3O/c15-6-3-10-1-2-12-13(9-10)17-14(16-12)11-4-7-18-8-5-11/h1-2,9,11H,3-5,7-8H2,(H,16,17). The second-order valence-corrected chi connectivity index (χ2v) is 4.70. The lowest BCUT2D eigenvalue weighted by molar-refractivity contribution is 0.0838. The number of rotatable bonds is 2. The van der Waals surface area contributed by atoms with Crippen molar-refractivity contribution < 1.29 is 4.74 Å². The van der Waals surface area contributed by atoms with Gasteiger partial charge in [-0.05, 0) is 30.5 Å². The first kappa shape index (κ1) is 11.2. The maximum absolute atomic E-state index is 8.71. The predicted octanol–water partition coefficient (Wildman–Crippen LogP) is 2.52. The molecule has 0 saturated carbocycles. The average Bonchev–Trinajstić information content (AvgIpc) is 2.83. The number of hydrogen-bond donors (Lipinski definition) is 1. The van der Waals surface area contributed by atoms with Crippen LogP contribution in [0.3, 0.4) is 0 Å². The lowest BCUT2D eigenvalue weighted by atomic mass is 10.00. The largest absolute Gasteiger partial charge is 0.381 e. The molecule has 0 radical (unpaired) electrons. The van der Waals surface area contributed by atoms with Crippen molar-refractivity contribution in [2.45, 2.75) is 25.2 Å². The summed E-state index contributed by atoms with van der Waals surface area (Å²) in [5.41, 5.74) is 3.05. The topological polar surface area (TPSA) is 61.7 Å². The maximum atomic E-state index is 8.71. The van der Waals surface area contributed by atoms with Gasteiger partial charge >= 0.3 is 0 Å². The molecular weight excluding hydrogens is 226 g/mol. The van der Waals surface area contributed by atoms with E-state index < -0.39 is 0 Å². The number of hydrogen-bond acceptors (Lipinski definition) is 3. The zero-order valence-corrected chi connectivity index (χ0v) is 10.1. The van der Waals surface area contributed by atoms with E-state index in [1.807, 2.05) is 18.2 Å². The maximum Gasteiger partial charge on any atom is 0.110 e. The zero-order valence-electron chi connectivity index (χ0n) is 10.1. The molecule has 1 aliphatic heterocycles. The molecule has 2 aromatic rings. The molecule has 0 aliphatic carbocycles. The molecule has 4 heteroatoms. The lowest BCUT2D eigenvalue weighted by Crippen LogP contribution is -2.15. The van der Waals surface area contributed by atoms with Crippen molar-refractivity contribution in [2.24, 2.45) is 0 Å². The molecule has 1 aromatic heterocycles. The van der Waals surface area contributed by atoms with E-state index in [-0.39, 0.29) is 0 Å². The van der Waals surface area contributed by atoms with Crippen LogP contribution in [0.2, 0.25) is 0 Å². The fourth-order valence-corrected chi connectivity index (χ4v) is 2.44. The van der Waals surface area contributed by atoms with E-state index in [1.54, 1.807) is 0 Å². The third-order valence-corrected chi connectivity index (χ3v) is 3.46. The monoisotopic (exact) mass is 241 g/mol. The second-order valence-electron chi connectivity index (χ2n) is 4.70. The molecule has 1 aliphatic rings. The molecule has 0 amide bonds. The normalized spacial score (nSPS) is 16.8. The predicted molar refractivity (Wildman–Crippen MR) is 68.2 cm³/mol. The molecule has 0 unspecified atom stereocenters. The van der Waals surface area contributed by atoms with Gasteiger partial charge in [0.15, 0.2) is 0 Å². The van der Waals surface area contributed by atoms with E-state index >= 15 is 0 Å². The summed E-state index contributed by atoms with van der Waals surface area (Å²) in [5, 5.41) is 8.71. The van der Waals surface area contributed by atoms with Crippen LogP contribution < -0.4 is 0 Å². The lowest BCUT2D eigenvalue weighted by Gasteiger charge is -2.19. The molecule has 0 spiro atoms. The minimum atomic E-state index is 0.446. The van der Waals surface area contributed by atoms with Gasteiger partial charge in [0.05, 0.1) is 23.5 Å². The first-order chi connectivity index (χ1) is 8.86. The van der Waals surface area contributed by atoms with Crippen molar-refractivity contribution in [3.8, 4) is 6.07 Å². The highest BCUT2D eigenvalue weighted by Crippen LogP contribution is 2.26. The average molecular weight is 241 g/mol. The first-order valence-corrected chi connectivity index (χ1v) is 6.30. The summed E-state index contributed by atoms with van der Waals surface area (Å²) in [5.74, 6) is 1.54. The van der Waals surface area contributed by atoms with Crippen molar-refractivity contribution in [1.82, 2.24) is 9.97 Å². The number of aromatic nitrogens is 2. The van der Waals surface area contributed by atoms with Crippen LogP contribution >= 0.6 is 0 Å². The summed E-state index contributed by atoms with van der Waals surface area (Å²) in [6, 6.07) is 8.15. The van der Waals surface area contributed by atoms with E-state index in [9.17, 15) is 0 Å². The van der Waals surface area contributed by atoms with Crippen molar-refractivity contribution in [2.75, 3.05) is 13.2 Å². The van der Waals surface area contributed by atoms with Gasteiger partial charge < -0.3 is 9.72 Å². The van der Waals surface area contributed by atoms with Crippen LogP contribution in [-0.4, -0.2) is 23.2 Å². The number of ether oxygens (including phenoxy) is 1. The van der Waals surface area contributed by atoms with Gasteiger partial charge in [0.25, 0.3) is 0 Å². The van der Waals surface area contributed by atoms with Crippen LogP contribution in [0.15, 0.2) is 18.2 Å². The van der Waals surface area contributed by atoms with Gasteiger partial charge in [-0.2, -0.15) is 5.26 Å². The Morgan fingerprint density at radius 3 is 3.00 bits per heavy atom. The van der Waals surface area contributed by atoms with E-state index in [2.05, 4.69) is 16.0 Å². The fraction of sp³-hybridized carbons (Fsp3) is 0.429. The molecule has 1 fully saturated rings. The van der Waals surface area contributed by atoms with Crippen LogP contribution in [0.4, 0.5) is 0 Å². The molecule has 18 heavy (non-hydrogen) atoms. The summed E-state index contributed by atoms with van der Waals surface area (Å²) >= 11 is 0. The van der Waals surface area contributed by atoms with Crippen LogP contribution in [0.1, 0.15) is 30.1 Å². The molecular formula is C14H15N3O. The van der Waals surface area contributed by atoms with Crippen LogP contribution in [0.5, 0.6) is 0 Å². The van der Waals surface area contributed by atoms with Crippen molar-refractivity contribution in [3.63, 3.8) is 0 Å². The third-order valence-electron chi connectivity index (χ3n) is 3.46. The number of nitrogens with zero attached hydrogens (tertiary/aromatic N) is 2. The minimum Gasteiger partial charge on any atom is -0.381 e. The summed E-state index contributed by atoms with van der Waals surface area (Å²) in [7, 11) is 0. The summed E-state index contributed by atoms with van der Waals surface area (Å²) in [4.78, 5) is 8.03. The van der Waals surface area contributed by atoms with Gasteiger partial charge in [-0.3, -0.25) is 0 Å². The van der Waals surface area contributed by atoms with E-state index in [1.165, 1.54) is 0 Å². The molecule has 2 heterocycles. The number of imidazole rings is 1. The quantitative estimate of drug-likeness (QED) is 0.878. The van der Waals surface area contributed by atoms with Crippen molar-refractivity contribution >= 4 is 11.0 Å². The van der Waals surface area contributed by atoms with Crippen molar-refractivity contribution in [3.05, 3.63) is 29.6 Å². The molecule has 1 aromatic carbocycles. The van der Waals surface area contributed by atoms with Crippen LogP contribution in [0, 0.1) is 11.3 Å². The highest BCUT2D eigenvalue weighted by molar-refractivity contribution is 5.76. The van der Waals surface area contributed by atoms with Crippen molar-refractivity contribution in [1.29, 1.82) is 5.26 Å². The Balaban J connectivity index is 1.92. The smallest absolute Gasteiger partial charge is 0.110 e. The van der Waals surface area contributed by atoms with E-state index in [4.69, 9.17) is 10.00 Å². The Morgan fingerprint density at radius 1 is 1.39 bits per heavy atom. The van der Waals surface area contributed by atoms with Gasteiger partial charge in [-0.1, -0.05) is 6.07 Å². The molecule has 3 rings (SSSR count). The number of H-pyrrole nitrogens is 1. The number of aromatic amines is 1. The minimum absolute atomic E-state index is 0.446.